The average molecular weight is 497 g/mol. The molecule has 2 saturated heterocycles. The van der Waals surface area contributed by atoms with Crippen molar-refractivity contribution < 1.29 is 9.53 Å². The summed E-state index contributed by atoms with van der Waals surface area (Å²) in [6.45, 7) is 6.31. The average Bonchev–Trinajstić information content (AvgIpc) is 3.38. The Hall–Kier alpha value is -3.75. The first kappa shape index (κ1) is 23.6. The normalized spacial score (nSPS) is 16.7. The van der Waals surface area contributed by atoms with Gasteiger partial charge in [0.1, 0.15) is 5.82 Å². The first-order valence-electron chi connectivity index (χ1n) is 13.1. The van der Waals surface area contributed by atoms with E-state index >= 15 is 0 Å². The maximum Gasteiger partial charge on any atom is 0.257 e. The summed E-state index contributed by atoms with van der Waals surface area (Å²) in [6, 6.07) is 12.2. The van der Waals surface area contributed by atoms with Gasteiger partial charge in [-0.2, -0.15) is 0 Å². The van der Waals surface area contributed by atoms with Crippen LogP contribution in [-0.2, 0) is 11.3 Å². The highest BCUT2D eigenvalue weighted by molar-refractivity contribution is 6.13. The highest BCUT2D eigenvalue weighted by Crippen LogP contribution is 2.28. The van der Waals surface area contributed by atoms with Crippen LogP contribution in [0.4, 0.5) is 11.5 Å². The highest BCUT2D eigenvalue weighted by atomic mass is 16.5. The zero-order valence-corrected chi connectivity index (χ0v) is 20.9. The minimum absolute atomic E-state index is 0.165. The van der Waals surface area contributed by atoms with Gasteiger partial charge in [-0.25, -0.2) is 4.98 Å². The van der Waals surface area contributed by atoms with Crippen LogP contribution in [0.1, 0.15) is 35.2 Å². The van der Waals surface area contributed by atoms with Gasteiger partial charge in [0.15, 0.2) is 0 Å². The second-order valence-corrected chi connectivity index (χ2v) is 9.84. The largest absolute Gasteiger partial charge is 0.378 e. The smallest absolute Gasteiger partial charge is 0.257 e. The Kier molecular flexibility index (Phi) is 6.84. The number of hydrogen-bond donors (Lipinski definition) is 2. The van der Waals surface area contributed by atoms with Gasteiger partial charge in [-0.15, -0.1) is 0 Å². The summed E-state index contributed by atoms with van der Waals surface area (Å²) in [4.78, 5) is 30.2. The molecule has 8 nitrogen and oxygen atoms in total. The Labute approximate surface area is 216 Å². The van der Waals surface area contributed by atoms with Gasteiger partial charge in [-0.3, -0.25) is 14.7 Å². The van der Waals surface area contributed by atoms with Crippen molar-refractivity contribution in [3.05, 3.63) is 72.3 Å². The summed E-state index contributed by atoms with van der Waals surface area (Å²) < 4.78 is 5.41. The van der Waals surface area contributed by atoms with E-state index in [9.17, 15) is 4.79 Å². The summed E-state index contributed by atoms with van der Waals surface area (Å²) >= 11 is 0. The van der Waals surface area contributed by atoms with Crippen LogP contribution in [0.3, 0.4) is 0 Å². The molecule has 2 N–H and O–H groups in total. The second kappa shape index (κ2) is 10.7. The van der Waals surface area contributed by atoms with Crippen molar-refractivity contribution >= 4 is 28.3 Å². The number of morpholine rings is 1. The lowest BCUT2D eigenvalue weighted by Gasteiger charge is -2.27. The van der Waals surface area contributed by atoms with E-state index < -0.39 is 0 Å². The number of aromatic amines is 1. The molecule has 0 radical (unpaired) electrons. The molecule has 5 heterocycles. The number of fused-ring (bicyclic) bond motifs is 1. The number of carbonyl (C=O) groups excluding carboxylic acids is 1. The van der Waals surface area contributed by atoms with Crippen molar-refractivity contribution in [2.45, 2.75) is 25.8 Å². The summed E-state index contributed by atoms with van der Waals surface area (Å²) in [7, 11) is 0. The number of ether oxygens (including phenoxy) is 1. The topological polar surface area (TPSA) is 86.4 Å². The van der Waals surface area contributed by atoms with Crippen molar-refractivity contribution in [2.75, 3.05) is 49.6 Å². The molecular formula is C29H32N6O2. The Balaban J connectivity index is 1.19. The first-order valence-corrected chi connectivity index (χ1v) is 13.1. The van der Waals surface area contributed by atoms with Crippen molar-refractivity contribution in [1.29, 1.82) is 0 Å². The number of H-pyrrole nitrogens is 1. The number of nitrogens with zero attached hydrogens (tertiary/aromatic N) is 4. The predicted octanol–water partition coefficient (Wildman–Crippen LogP) is 4.70. The van der Waals surface area contributed by atoms with Crippen LogP contribution < -0.4 is 10.2 Å². The number of likely N-dealkylation sites (tertiary alicyclic amines) is 1. The number of hydrogen-bond acceptors (Lipinski definition) is 6. The molecule has 1 aromatic carbocycles. The van der Waals surface area contributed by atoms with E-state index in [-0.39, 0.29) is 5.91 Å². The molecule has 1 amide bonds. The van der Waals surface area contributed by atoms with Crippen molar-refractivity contribution in [3.63, 3.8) is 0 Å². The highest BCUT2D eigenvalue weighted by Gasteiger charge is 2.16. The van der Waals surface area contributed by atoms with Gasteiger partial charge < -0.3 is 19.9 Å². The fourth-order valence-corrected chi connectivity index (χ4v) is 5.23. The van der Waals surface area contributed by atoms with Crippen LogP contribution in [0.15, 0.2) is 61.2 Å². The lowest BCUT2D eigenvalue weighted by atomic mass is 10.0. The third-order valence-corrected chi connectivity index (χ3v) is 7.25. The van der Waals surface area contributed by atoms with Crippen LogP contribution in [0.5, 0.6) is 0 Å². The summed E-state index contributed by atoms with van der Waals surface area (Å²) in [5.41, 5.74) is 5.53. The number of amides is 1. The molecule has 2 fully saturated rings. The summed E-state index contributed by atoms with van der Waals surface area (Å²) in [5, 5.41) is 3.88. The number of pyridine rings is 2. The van der Waals surface area contributed by atoms with Gasteiger partial charge in [0.25, 0.3) is 5.91 Å². The molecule has 2 aliphatic rings. The molecule has 0 aliphatic carbocycles. The zero-order chi connectivity index (χ0) is 25.0. The monoisotopic (exact) mass is 496 g/mol. The molecule has 190 valence electrons. The van der Waals surface area contributed by atoms with Crippen LogP contribution in [0, 0.1) is 0 Å². The molecule has 0 atom stereocenters. The molecule has 0 spiro atoms. The van der Waals surface area contributed by atoms with E-state index in [1.54, 1.807) is 12.4 Å². The third kappa shape index (κ3) is 5.35. The maximum atomic E-state index is 13.2. The lowest BCUT2D eigenvalue weighted by molar-refractivity contribution is 0.102. The minimum Gasteiger partial charge on any atom is -0.378 e. The Morgan fingerprint density at radius 3 is 2.62 bits per heavy atom. The Morgan fingerprint density at radius 2 is 1.81 bits per heavy atom. The number of benzene rings is 1. The Bertz CT molecular complexity index is 1370. The number of nitrogens with one attached hydrogen (secondary N) is 2. The number of carbonyl (C=O) groups is 1. The number of piperidine rings is 1. The molecule has 37 heavy (non-hydrogen) atoms. The summed E-state index contributed by atoms with van der Waals surface area (Å²) in [6.07, 6.45) is 11.2. The molecule has 0 unspecified atom stereocenters. The SMILES string of the molecule is O=C(Nc1ccc(N2CCOCC2)nc1)c1c[nH]c2ccc(-c3cncc(CN4CCCCC4)c3)cc12. The first-order chi connectivity index (χ1) is 18.2. The molecule has 0 bridgehead atoms. The van der Waals surface area contributed by atoms with Gasteiger partial charge in [0, 0.05) is 54.7 Å². The maximum absolute atomic E-state index is 13.2. The predicted molar refractivity (Wildman–Crippen MR) is 146 cm³/mol. The minimum atomic E-state index is -0.165. The van der Waals surface area contributed by atoms with Crippen LogP contribution in [-0.4, -0.2) is 65.2 Å². The van der Waals surface area contributed by atoms with Gasteiger partial charge in [-0.1, -0.05) is 12.5 Å². The van der Waals surface area contributed by atoms with Crippen molar-refractivity contribution in [3.8, 4) is 11.1 Å². The molecule has 6 rings (SSSR count). The van der Waals surface area contributed by atoms with E-state index in [1.165, 1.54) is 24.8 Å². The quantitative estimate of drug-likeness (QED) is 0.403. The zero-order valence-electron chi connectivity index (χ0n) is 20.9. The van der Waals surface area contributed by atoms with Gasteiger partial charge in [-0.05, 0) is 67.4 Å². The fraction of sp³-hybridized carbons (Fsp3) is 0.345. The van der Waals surface area contributed by atoms with Gasteiger partial charge in [0.2, 0.25) is 0 Å². The number of rotatable bonds is 6. The van der Waals surface area contributed by atoms with Gasteiger partial charge in [0.05, 0.1) is 30.7 Å². The number of anilines is 2. The van der Waals surface area contributed by atoms with Crippen LogP contribution in [0.25, 0.3) is 22.0 Å². The molecule has 0 saturated carbocycles. The van der Waals surface area contributed by atoms with Crippen molar-refractivity contribution in [1.82, 2.24) is 19.9 Å². The fourth-order valence-electron chi connectivity index (χ4n) is 5.23. The Morgan fingerprint density at radius 1 is 0.946 bits per heavy atom. The molecule has 3 aromatic heterocycles. The van der Waals surface area contributed by atoms with E-state index in [1.807, 2.05) is 30.6 Å². The second-order valence-electron chi connectivity index (χ2n) is 9.84. The molecule has 2 aliphatic heterocycles. The molecular weight excluding hydrogens is 464 g/mol. The van der Waals surface area contributed by atoms with Crippen LogP contribution >= 0.6 is 0 Å². The van der Waals surface area contributed by atoms with Gasteiger partial charge >= 0.3 is 0 Å². The molecule has 8 heteroatoms. The van der Waals surface area contributed by atoms with E-state index in [4.69, 9.17) is 4.74 Å². The van der Waals surface area contributed by atoms with Crippen LogP contribution in [0.2, 0.25) is 0 Å². The lowest BCUT2D eigenvalue weighted by Crippen LogP contribution is -2.36. The van der Waals surface area contributed by atoms with E-state index in [2.05, 4.69) is 48.3 Å². The van der Waals surface area contributed by atoms with Crippen molar-refractivity contribution in [2.24, 2.45) is 0 Å². The van der Waals surface area contributed by atoms with E-state index in [0.29, 0.717) is 24.5 Å². The van der Waals surface area contributed by atoms with E-state index in [0.717, 1.165) is 60.6 Å². The third-order valence-electron chi connectivity index (χ3n) is 7.25. The summed E-state index contributed by atoms with van der Waals surface area (Å²) in [5.74, 6) is 0.732. The standard InChI is InChI=1S/C29H32N6O2/c36-29(33-24-5-7-28(32-18-24)35-10-12-37-13-11-35)26-19-31-27-6-4-22(15-25(26)27)23-14-21(16-30-17-23)20-34-8-2-1-3-9-34/h4-7,14-19,31H,1-3,8-13,20H2,(H,33,36). The molecule has 4 aromatic rings. The number of aromatic nitrogens is 3.